The van der Waals surface area contributed by atoms with Crippen LogP contribution in [0.2, 0.25) is 0 Å². The maximum atomic E-state index is 10.6. The van der Waals surface area contributed by atoms with Crippen LogP contribution in [0.1, 0.15) is 22.2 Å². The molecule has 0 fully saturated rings. The normalized spacial score (nSPS) is 10.0. The minimum absolute atomic E-state index is 0. The summed E-state index contributed by atoms with van der Waals surface area (Å²) in [6, 6.07) is 7.19. The largest absolute Gasteiger partial charge is 0.417 e. The van der Waals surface area contributed by atoms with Crippen molar-refractivity contribution in [3.8, 4) is 0 Å². The van der Waals surface area contributed by atoms with Crippen molar-refractivity contribution in [2.24, 2.45) is 5.92 Å². The third-order valence-corrected chi connectivity index (χ3v) is 1.33. The van der Waals surface area contributed by atoms with Crippen LogP contribution in [0.15, 0.2) is 33.5 Å². The number of oxazole rings is 1. The highest BCUT2D eigenvalue weighted by molar-refractivity contribution is 5.71. The van der Waals surface area contributed by atoms with Crippen molar-refractivity contribution >= 4 is 11.1 Å². The number of rotatable bonds is 0. The van der Waals surface area contributed by atoms with Gasteiger partial charge in [0.2, 0.25) is 0 Å². The quantitative estimate of drug-likeness (QED) is 0.702. The van der Waals surface area contributed by atoms with Crippen LogP contribution in [0.3, 0.4) is 0 Å². The van der Waals surface area contributed by atoms with Crippen molar-refractivity contribution in [1.29, 1.82) is 0 Å². The number of hydrogen-bond acceptors (Lipinski definition) is 2. The fourth-order valence-electron chi connectivity index (χ4n) is 0.894. The number of benzene rings is 1. The Hall–Kier alpha value is -1.51. The maximum absolute atomic E-state index is 10.6. The van der Waals surface area contributed by atoms with Gasteiger partial charge in [-0.1, -0.05) is 32.9 Å². The zero-order valence-electron chi connectivity index (χ0n) is 8.70. The Morgan fingerprint density at radius 1 is 1.29 bits per heavy atom. The van der Waals surface area contributed by atoms with Crippen LogP contribution in [0, 0.1) is 5.92 Å². The van der Waals surface area contributed by atoms with Crippen LogP contribution in [0.4, 0.5) is 0 Å². The number of aromatic amines is 1. The summed E-state index contributed by atoms with van der Waals surface area (Å²) in [6.07, 6.45) is 0. The third kappa shape index (κ3) is 3.09. The van der Waals surface area contributed by atoms with Gasteiger partial charge in [0.25, 0.3) is 0 Å². The first-order valence-corrected chi connectivity index (χ1v) is 4.67. The minimum atomic E-state index is -0.402. The Morgan fingerprint density at radius 2 is 1.86 bits per heavy atom. The molecule has 3 heteroatoms. The standard InChI is InChI=1S/C7H5NO2.C4H10.H2/c9-7-8-5-3-1-2-4-6(5)10-7;1-4(2)3;/h1-4H,(H,8,9);4H,1-3H3;1H. The molecule has 2 aromatic rings. The van der Waals surface area contributed by atoms with E-state index < -0.39 is 5.76 Å². The molecule has 3 nitrogen and oxygen atoms in total. The average molecular weight is 195 g/mol. The van der Waals surface area contributed by atoms with Crippen LogP contribution in [-0.4, -0.2) is 4.98 Å². The lowest BCUT2D eigenvalue weighted by molar-refractivity contribution is 0.555. The van der Waals surface area contributed by atoms with Gasteiger partial charge in [-0.15, -0.1) is 0 Å². The van der Waals surface area contributed by atoms with Gasteiger partial charge < -0.3 is 4.42 Å². The Kier molecular flexibility index (Phi) is 3.51. The second-order valence-electron chi connectivity index (χ2n) is 3.74. The topological polar surface area (TPSA) is 46.0 Å². The van der Waals surface area contributed by atoms with E-state index in [-0.39, 0.29) is 1.43 Å². The molecular formula is C11H17NO2. The Bertz CT molecular complexity index is 406. The van der Waals surface area contributed by atoms with Crippen LogP contribution in [0.25, 0.3) is 11.1 Å². The van der Waals surface area contributed by atoms with Gasteiger partial charge in [0.1, 0.15) is 0 Å². The molecule has 0 unspecified atom stereocenters. The molecule has 0 spiro atoms. The summed E-state index contributed by atoms with van der Waals surface area (Å²) >= 11 is 0. The molecular weight excluding hydrogens is 178 g/mol. The van der Waals surface area contributed by atoms with E-state index in [2.05, 4.69) is 25.8 Å². The molecule has 14 heavy (non-hydrogen) atoms. The van der Waals surface area contributed by atoms with Gasteiger partial charge in [0.05, 0.1) is 5.52 Å². The van der Waals surface area contributed by atoms with Crippen LogP contribution in [-0.2, 0) is 0 Å². The molecule has 1 heterocycles. The van der Waals surface area contributed by atoms with Crippen molar-refractivity contribution in [2.45, 2.75) is 20.8 Å². The third-order valence-electron chi connectivity index (χ3n) is 1.33. The molecule has 0 aliphatic heterocycles. The lowest BCUT2D eigenvalue weighted by Crippen LogP contribution is -1.92. The first kappa shape index (κ1) is 10.6. The maximum Gasteiger partial charge on any atom is 0.417 e. The second kappa shape index (κ2) is 4.65. The van der Waals surface area contributed by atoms with Crippen LogP contribution >= 0.6 is 0 Å². The van der Waals surface area contributed by atoms with Crippen LogP contribution in [0.5, 0.6) is 0 Å². The summed E-state index contributed by atoms with van der Waals surface area (Å²) in [4.78, 5) is 13.1. The number of hydrogen-bond donors (Lipinski definition) is 1. The van der Waals surface area contributed by atoms with Crippen molar-refractivity contribution in [1.82, 2.24) is 4.98 Å². The summed E-state index contributed by atoms with van der Waals surface area (Å²) in [5, 5.41) is 0. The van der Waals surface area contributed by atoms with Crippen LogP contribution < -0.4 is 5.76 Å². The smallest absolute Gasteiger partial charge is 0.408 e. The number of nitrogens with one attached hydrogen (secondary N) is 1. The van der Waals surface area contributed by atoms with Crippen molar-refractivity contribution < 1.29 is 5.84 Å². The molecule has 1 aromatic heterocycles. The highest BCUT2D eigenvalue weighted by atomic mass is 16.4. The van der Waals surface area contributed by atoms with Crippen molar-refractivity contribution in [3.05, 3.63) is 34.8 Å². The predicted octanol–water partition coefficient (Wildman–Crippen LogP) is 3.03. The van der Waals surface area contributed by atoms with E-state index in [1.54, 1.807) is 12.1 Å². The second-order valence-corrected chi connectivity index (χ2v) is 3.74. The molecule has 1 N–H and O–H groups in total. The minimum Gasteiger partial charge on any atom is -0.408 e. The number of aromatic nitrogens is 1. The van der Waals surface area contributed by atoms with Gasteiger partial charge in [-0.3, -0.25) is 4.98 Å². The van der Waals surface area contributed by atoms with Crippen molar-refractivity contribution in [3.63, 3.8) is 0 Å². The van der Waals surface area contributed by atoms with E-state index in [4.69, 9.17) is 4.42 Å². The highest BCUT2D eigenvalue weighted by Crippen LogP contribution is 2.06. The zero-order chi connectivity index (χ0) is 10.6. The predicted molar refractivity (Wildman–Crippen MR) is 59.5 cm³/mol. The van der Waals surface area contributed by atoms with E-state index in [0.717, 1.165) is 11.4 Å². The Labute approximate surface area is 84.2 Å². The molecule has 1 aromatic carbocycles. The molecule has 0 saturated heterocycles. The van der Waals surface area contributed by atoms with E-state index in [9.17, 15) is 4.79 Å². The van der Waals surface area contributed by atoms with E-state index in [1.807, 2.05) is 12.1 Å². The summed E-state index contributed by atoms with van der Waals surface area (Å²) in [6.45, 7) is 6.50. The fourth-order valence-corrected chi connectivity index (χ4v) is 0.894. The van der Waals surface area contributed by atoms with E-state index >= 15 is 0 Å². The summed E-state index contributed by atoms with van der Waals surface area (Å²) in [5.74, 6) is 0.432. The SMILES string of the molecule is CC(C)C.O=c1[nH]c2ccccc2o1.[HH]. The van der Waals surface area contributed by atoms with E-state index in [1.165, 1.54) is 0 Å². The average Bonchev–Trinajstić information content (AvgIpc) is 2.42. The molecule has 0 bridgehead atoms. The first-order chi connectivity index (χ1) is 6.59. The molecule has 0 amide bonds. The summed E-state index contributed by atoms with van der Waals surface area (Å²) < 4.78 is 4.76. The fraction of sp³-hybridized carbons (Fsp3) is 0.364. The molecule has 0 aliphatic rings. The van der Waals surface area contributed by atoms with E-state index in [0.29, 0.717) is 5.58 Å². The molecule has 0 saturated carbocycles. The number of H-pyrrole nitrogens is 1. The van der Waals surface area contributed by atoms with Gasteiger partial charge in [-0.2, -0.15) is 0 Å². The van der Waals surface area contributed by atoms with Gasteiger partial charge >= 0.3 is 5.76 Å². The Morgan fingerprint density at radius 3 is 2.43 bits per heavy atom. The molecule has 0 aliphatic carbocycles. The molecule has 2 rings (SSSR count). The summed E-state index contributed by atoms with van der Waals surface area (Å²) in [5.41, 5.74) is 1.35. The van der Waals surface area contributed by atoms with Gasteiger partial charge in [-0.05, 0) is 18.1 Å². The lowest BCUT2D eigenvalue weighted by Gasteiger charge is -1.79. The Balaban J connectivity index is 0.000000346. The lowest BCUT2D eigenvalue weighted by atomic mass is 10.3. The molecule has 0 atom stereocenters. The van der Waals surface area contributed by atoms with Gasteiger partial charge in [0, 0.05) is 1.43 Å². The summed E-state index contributed by atoms with van der Waals surface area (Å²) in [7, 11) is 0. The molecule has 0 radical (unpaired) electrons. The number of fused-ring (bicyclic) bond motifs is 1. The molecule has 78 valence electrons. The zero-order valence-corrected chi connectivity index (χ0v) is 8.70. The monoisotopic (exact) mass is 195 g/mol. The first-order valence-electron chi connectivity index (χ1n) is 4.67. The van der Waals surface area contributed by atoms with Gasteiger partial charge in [-0.25, -0.2) is 4.79 Å². The highest BCUT2D eigenvalue weighted by Gasteiger charge is 1.95. The van der Waals surface area contributed by atoms with Crippen molar-refractivity contribution in [2.75, 3.05) is 0 Å². The number of para-hydroxylation sites is 2. The van der Waals surface area contributed by atoms with Gasteiger partial charge in [0.15, 0.2) is 5.58 Å².